The fraction of sp³-hybridized carbons (Fsp3) is 0.167. The van der Waals surface area contributed by atoms with Gasteiger partial charge in [-0.1, -0.05) is 174 Å². The van der Waals surface area contributed by atoms with Crippen LogP contribution in [0.1, 0.15) is 34.7 Å². The van der Waals surface area contributed by atoms with Crippen LogP contribution in [0.25, 0.3) is 0 Å². The summed E-state index contributed by atoms with van der Waals surface area (Å²) in [5.41, 5.74) is -1.19. The maximum atomic E-state index is 15.6. The van der Waals surface area contributed by atoms with Gasteiger partial charge in [0, 0.05) is 5.56 Å². The van der Waals surface area contributed by atoms with Crippen molar-refractivity contribution in [2.24, 2.45) is 0 Å². The first-order valence-corrected chi connectivity index (χ1v) is 13.5. The van der Waals surface area contributed by atoms with Gasteiger partial charge in [0.2, 0.25) is 0 Å². The van der Waals surface area contributed by atoms with Crippen LogP contribution < -0.4 is 35.0 Å². The molecule has 1 aliphatic rings. The van der Waals surface area contributed by atoms with Gasteiger partial charge in [-0.25, -0.2) is 0 Å². The molecular weight excluding hydrogens is 615 g/mol. The number of ether oxygens (including phenoxy) is 2. The van der Waals surface area contributed by atoms with Gasteiger partial charge in [0.05, 0.1) is 12.2 Å². The third-order valence-corrected chi connectivity index (χ3v) is 7.89. The summed E-state index contributed by atoms with van der Waals surface area (Å²) in [7, 11) is 0. The van der Waals surface area contributed by atoms with E-state index >= 15 is 10.2 Å². The van der Waals surface area contributed by atoms with Gasteiger partial charge in [-0.2, -0.15) is 0 Å². The van der Waals surface area contributed by atoms with Crippen LogP contribution in [0.5, 0.6) is 0 Å². The van der Waals surface area contributed by atoms with E-state index in [1.807, 2.05) is 103 Å². The number of hydrogen-bond acceptors (Lipinski definition) is 4. The predicted molar refractivity (Wildman–Crippen MR) is 151 cm³/mol. The number of halogens is 2. The third kappa shape index (κ3) is 6.26. The van der Waals surface area contributed by atoms with Crippen molar-refractivity contribution in [1.29, 1.82) is 0 Å². The van der Waals surface area contributed by atoms with Crippen molar-refractivity contribution in [3.8, 4) is 0 Å². The summed E-state index contributed by atoms with van der Waals surface area (Å²) < 4.78 is 13.6. The van der Waals surface area contributed by atoms with E-state index in [9.17, 15) is 0 Å². The average molecular weight is 645 g/mol. The van der Waals surface area contributed by atoms with Gasteiger partial charge in [-0.3, -0.25) is 0 Å². The molecule has 0 unspecified atom stereocenters. The molecule has 0 aliphatic carbocycles. The molecule has 2 atom stereocenters. The summed E-state index contributed by atoms with van der Waals surface area (Å²) in [4.78, 5) is 0. The van der Waals surface area contributed by atoms with Crippen LogP contribution in [-0.2, 0) is 48.2 Å². The first-order valence-electron chi connectivity index (χ1n) is 13.5. The summed E-state index contributed by atoms with van der Waals surface area (Å²) in [5.74, 6) is -1.34. The van der Waals surface area contributed by atoms with Crippen LogP contribution in [0.2, 0.25) is 0 Å². The number of benzene rings is 5. The van der Waals surface area contributed by atoms with E-state index in [2.05, 4.69) is 0 Å². The largest absolute Gasteiger partial charge is 4.00 e. The van der Waals surface area contributed by atoms with Gasteiger partial charge in [0.15, 0.2) is 5.79 Å². The SMILES string of the molecule is CC1(c2ccccc2)O[C@H](C([O-])(c2ccccc2)c2ccccc2)[C@@H](C([O-])(c2ccccc2)c2ccccc2)O1.[Cl-].[Cl-].[Ti+4]. The average Bonchev–Trinajstić information content (AvgIpc) is 3.42. The standard InChI is InChI=1S/C36H30O4.2ClH.Ti/c1-34(27-17-7-2-8-18-27)39-32(35(37,28-19-9-3-10-20-28)29-21-11-4-12-22-29)33(40-34)36(38,30-23-13-5-14-24-30)31-25-15-6-16-26-31;;;/h2-26,32-33H,1H3;2*1H;/q-2;;;+4/p-2/t32-,33-;;;/m0.../s1. The molecular formula is C36H30Cl2O4Ti. The van der Waals surface area contributed by atoms with Gasteiger partial charge in [0.1, 0.15) is 0 Å². The molecule has 0 spiro atoms. The molecule has 1 aliphatic heterocycles. The van der Waals surface area contributed by atoms with Crippen molar-refractivity contribution in [3.05, 3.63) is 179 Å². The molecule has 1 saturated heterocycles. The molecule has 216 valence electrons. The van der Waals surface area contributed by atoms with Gasteiger partial charge in [-0.15, -0.1) is 0 Å². The van der Waals surface area contributed by atoms with Crippen molar-refractivity contribution in [1.82, 2.24) is 0 Å². The van der Waals surface area contributed by atoms with Gasteiger partial charge < -0.3 is 44.5 Å². The Bertz CT molecular complexity index is 1370. The molecule has 5 aromatic rings. The quantitative estimate of drug-likeness (QED) is 0.219. The summed E-state index contributed by atoms with van der Waals surface area (Å²) in [6.45, 7) is 1.79. The van der Waals surface area contributed by atoms with E-state index < -0.39 is 29.2 Å². The normalized spacial score (nSPS) is 17.6. The molecule has 6 rings (SSSR count). The smallest absolute Gasteiger partial charge is 1.00 e. The molecule has 43 heavy (non-hydrogen) atoms. The van der Waals surface area contributed by atoms with Crippen molar-refractivity contribution >= 4 is 0 Å². The Labute approximate surface area is 280 Å². The molecule has 0 amide bonds. The van der Waals surface area contributed by atoms with Crippen LogP contribution >= 0.6 is 0 Å². The second-order valence-corrected chi connectivity index (χ2v) is 10.3. The molecule has 4 nitrogen and oxygen atoms in total. The molecule has 5 aromatic carbocycles. The monoisotopic (exact) mass is 644 g/mol. The van der Waals surface area contributed by atoms with Crippen molar-refractivity contribution < 1.29 is 66.2 Å². The zero-order valence-electron chi connectivity index (χ0n) is 23.5. The van der Waals surface area contributed by atoms with Crippen LogP contribution in [0.4, 0.5) is 0 Å². The Morgan fingerprint density at radius 1 is 0.465 bits per heavy atom. The fourth-order valence-electron chi connectivity index (χ4n) is 5.84. The Balaban J connectivity index is 0.00000169. The Kier molecular flexibility index (Phi) is 11.6. The first kappa shape index (κ1) is 34.7. The van der Waals surface area contributed by atoms with E-state index in [4.69, 9.17) is 9.47 Å². The minimum absolute atomic E-state index is 0. The van der Waals surface area contributed by atoms with Crippen LogP contribution in [-0.4, -0.2) is 12.2 Å². The van der Waals surface area contributed by atoms with Crippen molar-refractivity contribution in [2.45, 2.75) is 36.1 Å². The molecule has 0 radical (unpaired) electrons. The zero-order chi connectivity index (χ0) is 27.6. The fourth-order valence-corrected chi connectivity index (χ4v) is 5.84. The Morgan fingerprint density at radius 3 is 0.953 bits per heavy atom. The van der Waals surface area contributed by atoms with E-state index in [-0.39, 0.29) is 46.5 Å². The molecule has 7 heteroatoms. The maximum Gasteiger partial charge on any atom is 4.00 e. The van der Waals surface area contributed by atoms with Crippen molar-refractivity contribution in [2.75, 3.05) is 0 Å². The van der Waals surface area contributed by atoms with E-state index in [1.54, 1.807) is 55.5 Å². The summed E-state index contributed by atoms with van der Waals surface area (Å²) in [6.07, 6.45) is -2.39. The molecule has 0 saturated carbocycles. The van der Waals surface area contributed by atoms with Crippen LogP contribution in [0, 0.1) is 0 Å². The molecule has 1 fully saturated rings. The van der Waals surface area contributed by atoms with E-state index in [1.165, 1.54) is 0 Å². The minimum Gasteiger partial charge on any atom is -1.00 e. The molecule has 0 N–H and O–H groups in total. The summed E-state index contributed by atoms with van der Waals surface area (Å²) in [5, 5.41) is 31.2. The van der Waals surface area contributed by atoms with Gasteiger partial charge >= 0.3 is 21.7 Å². The number of hydrogen-bond donors (Lipinski definition) is 0. The van der Waals surface area contributed by atoms with E-state index in [0.29, 0.717) is 22.3 Å². The topological polar surface area (TPSA) is 64.6 Å². The second-order valence-electron chi connectivity index (χ2n) is 10.3. The molecule has 0 aromatic heterocycles. The van der Waals surface area contributed by atoms with Crippen molar-refractivity contribution in [3.63, 3.8) is 0 Å². The first-order chi connectivity index (χ1) is 19.5. The van der Waals surface area contributed by atoms with E-state index in [0.717, 1.165) is 5.56 Å². The summed E-state index contributed by atoms with van der Waals surface area (Å²) in [6, 6.07) is 46.1. The van der Waals surface area contributed by atoms with Gasteiger partial charge in [-0.05, 0) is 18.1 Å². The molecule has 0 bridgehead atoms. The van der Waals surface area contributed by atoms with Gasteiger partial charge in [0.25, 0.3) is 0 Å². The minimum atomic E-state index is -1.96. The van der Waals surface area contributed by atoms with Crippen LogP contribution in [0.3, 0.4) is 0 Å². The zero-order valence-corrected chi connectivity index (χ0v) is 26.6. The third-order valence-electron chi connectivity index (χ3n) is 7.89. The molecule has 1 heterocycles. The van der Waals surface area contributed by atoms with Crippen LogP contribution in [0.15, 0.2) is 152 Å². The number of rotatable bonds is 7. The second kappa shape index (κ2) is 14.3. The Hall–Kier alpha value is -2.77. The maximum absolute atomic E-state index is 15.6. The summed E-state index contributed by atoms with van der Waals surface area (Å²) >= 11 is 0. The predicted octanol–water partition coefficient (Wildman–Crippen LogP) is -0.743. The Morgan fingerprint density at radius 2 is 0.698 bits per heavy atom.